The van der Waals surface area contributed by atoms with E-state index in [1.807, 2.05) is 25.1 Å². The molecule has 122 valence electrons. The van der Waals surface area contributed by atoms with Gasteiger partial charge < -0.3 is 42.7 Å². The number of carboxylic acids is 1. The van der Waals surface area contributed by atoms with Crippen LogP contribution in [0.25, 0.3) is 0 Å². The van der Waals surface area contributed by atoms with Crippen LogP contribution in [0.4, 0.5) is 17.1 Å². The highest BCUT2D eigenvalue weighted by Gasteiger charge is 2.30. The maximum Gasteiger partial charge on any atom is 0.338 e. The zero-order chi connectivity index (χ0) is 16.0. The van der Waals surface area contributed by atoms with Crippen molar-refractivity contribution in [2.75, 3.05) is 24.3 Å². The molecule has 8 heteroatoms. The van der Waals surface area contributed by atoms with E-state index in [1.54, 1.807) is 12.1 Å². The van der Waals surface area contributed by atoms with Crippen LogP contribution in [-0.4, -0.2) is 35.4 Å². The van der Waals surface area contributed by atoms with Crippen LogP contribution >= 0.6 is 0 Å². The molecule has 0 aromatic heterocycles. The van der Waals surface area contributed by atoms with Crippen molar-refractivity contribution in [3.8, 4) is 23.0 Å². The lowest BCUT2D eigenvalue weighted by atomic mass is 10.1. The third kappa shape index (κ3) is 2.66. The van der Waals surface area contributed by atoms with E-state index in [1.165, 1.54) is 0 Å². The smallest absolute Gasteiger partial charge is 0.338 e. The molecule has 0 aliphatic carbocycles. The van der Waals surface area contributed by atoms with Crippen LogP contribution in [0.3, 0.4) is 0 Å². The van der Waals surface area contributed by atoms with Crippen LogP contribution in [0.2, 0.25) is 0 Å². The number of fused-ring (bicyclic) bond motifs is 2. The summed E-state index contributed by atoms with van der Waals surface area (Å²) in [5.74, 6) is -1.49. The van der Waals surface area contributed by atoms with E-state index >= 15 is 0 Å². The second-order valence-corrected chi connectivity index (χ2v) is 5.13. The number of ether oxygens (including phenoxy) is 1. The summed E-state index contributed by atoms with van der Waals surface area (Å²) in [5, 5.41) is 29.9. The SMILES string of the molecule is CN(C)c1ccc2c(c1)Oc1c(O)c([OH2+])cc(C(=O)O)c1N2.[Cl-]. The molecule has 0 fully saturated rings. The number of hydrogen-bond acceptors (Lipinski definition) is 5. The third-order valence-electron chi connectivity index (χ3n) is 3.44. The Balaban J connectivity index is 0.00000192. The molecule has 5 N–H and O–H groups in total. The first kappa shape index (κ1) is 16.6. The van der Waals surface area contributed by atoms with Crippen molar-refractivity contribution >= 4 is 23.0 Å². The molecule has 1 aliphatic heterocycles. The Morgan fingerprint density at radius 3 is 2.61 bits per heavy atom. The van der Waals surface area contributed by atoms with E-state index in [0.29, 0.717) is 11.4 Å². The Morgan fingerprint density at radius 1 is 1.30 bits per heavy atom. The van der Waals surface area contributed by atoms with Gasteiger partial charge in [-0.05, 0) is 12.1 Å². The average Bonchev–Trinajstić information content (AvgIpc) is 2.48. The molecule has 0 radical (unpaired) electrons. The topological polar surface area (TPSA) is 105 Å². The van der Waals surface area contributed by atoms with Crippen LogP contribution in [0, 0.1) is 0 Å². The lowest BCUT2D eigenvalue weighted by Crippen LogP contribution is -3.00. The Bertz CT molecular complexity index is 792. The predicted octanol–water partition coefficient (Wildman–Crippen LogP) is -0.552. The van der Waals surface area contributed by atoms with Crippen molar-refractivity contribution in [1.29, 1.82) is 0 Å². The number of anilines is 3. The van der Waals surface area contributed by atoms with Crippen molar-refractivity contribution in [2.45, 2.75) is 0 Å². The van der Waals surface area contributed by atoms with Crippen molar-refractivity contribution in [1.82, 2.24) is 0 Å². The first-order valence-electron chi connectivity index (χ1n) is 6.49. The van der Waals surface area contributed by atoms with Crippen molar-refractivity contribution < 1.29 is 37.3 Å². The van der Waals surface area contributed by atoms with Gasteiger partial charge in [0.05, 0.1) is 17.3 Å². The minimum Gasteiger partial charge on any atom is -1.00 e. The zero-order valence-corrected chi connectivity index (χ0v) is 13.1. The van der Waals surface area contributed by atoms with Gasteiger partial charge in [0, 0.05) is 25.8 Å². The number of phenolic OH excluding ortho intramolecular Hbond substituents is 1. The standard InChI is InChI=1S/C15H14N2O5.ClH/c1-17(2)7-3-4-9-11(5-7)22-14-12(16-9)8(15(20)21)6-10(18)13(14)19;/h3-6,16,18-19H,1-2H3,(H,20,21);1H. The lowest BCUT2D eigenvalue weighted by Gasteiger charge is -2.25. The summed E-state index contributed by atoms with van der Waals surface area (Å²) in [6, 6.07) is 6.48. The van der Waals surface area contributed by atoms with E-state index in [-0.39, 0.29) is 35.2 Å². The molecular formula is C15H15ClN2O5. The molecular weight excluding hydrogens is 324 g/mol. The van der Waals surface area contributed by atoms with E-state index in [0.717, 1.165) is 11.8 Å². The molecule has 23 heavy (non-hydrogen) atoms. The number of benzene rings is 2. The Kier molecular flexibility index (Phi) is 4.16. The van der Waals surface area contributed by atoms with Crippen molar-refractivity contribution in [3.05, 3.63) is 29.8 Å². The van der Waals surface area contributed by atoms with E-state index in [9.17, 15) is 15.0 Å². The number of aromatic carboxylic acids is 1. The third-order valence-corrected chi connectivity index (χ3v) is 3.44. The highest BCUT2D eigenvalue weighted by molar-refractivity contribution is 6.00. The summed E-state index contributed by atoms with van der Waals surface area (Å²) in [5.41, 5.74) is 1.51. The zero-order valence-electron chi connectivity index (χ0n) is 12.3. The van der Waals surface area contributed by atoms with Gasteiger partial charge in [-0.25, -0.2) is 4.79 Å². The first-order chi connectivity index (χ1) is 10.4. The molecule has 1 heterocycles. The fourth-order valence-electron chi connectivity index (χ4n) is 2.26. The van der Waals surface area contributed by atoms with Gasteiger partial charge in [-0.2, -0.15) is 0 Å². The molecule has 7 nitrogen and oxygen atoms in total. The average molecular weight is 339 g/mol. The molecule has 0 atom stereocenters. The summed E-state index contributed by atoms with van der Waals surface area (Å²) < 4.78 is 5.65. The van der Waals surface area contributed by atoms with E-state index in [4.69, 9.17) is 9.84 Å². The summed E-state index contributed by atoms with van der Waals surface area (Å²) in [4.78, 5) is 13.2. The van der Waals surface area contributed by atoms with Gasteiger partial charge in [0.1, 0.15) is 5.69 Å². The highest BCUT2D eigenvalue weighted by Crippen LogP contribution is 2.52. The second-order valence-electron chi connectivity index (χ2n) is 5.13. The molecule has 0 saturated carbocycles. The number of carbonyl (C=O) groups is 1. The Morgan fingerprint density at radius 2 is 2.00 bits per heavy atom. The molecule has 0 bridgehead atoms. The molecule has 0 unspecified atom stereocenters. The van der Waals surface area contributed by atoms with Gasteiger partial charge in [-0.15, -0.1) is 0 Å². The minimum atomic E-state index is -1.20. The fourth-order valence-corrected chi connectivity index (χ4v) is 2.26. The molecule has 2 aromatic carbocycles. The van der Waals surface area contributed by atoms with Gasteiger partial charge in [-0.3, -0.25) is 0 Å². The van der Waals surface area contributed by atoms with E-state index in [2.05, 4.69) is 5.32 Å². The molecule has 0 spiro atoms. The van der Waals surface area contributed by atoms with E-state index < -0.39 is 11.7 Å². The molecule has 0 saturated heterocycles. The summed E-state index contributed by atoms with van der Waals surface area (Å²) >= 11 is 0. The minimum absolute atomic E-state index is 0. The Labute approximate surface area is 138 Å². The van der Waals surface area contributed by atoms with Gasteiger partial charge >= 0.3 is 11.7 Å². The van der Waals surface area contributed by atoms with Crippen LogP contribution in [0.5, 0.6) is 23.0 Å². The van der Waals surface area contributed by atoms with Crippen molar-refractivity contribution in [2.24, 2.45) is 0 Å². The number of carboxylic acid groups (broad SMARTS) is 1. The monoisotopic (exact) mass is 338 g/mol. The van der Waals surface area contributed by atoms with Gasteiger partial charge in [-0.1, -0.05) is 0 Å². The maximum absolute atomic E-state index is 11.3. The number of hydrogen-bond donors (Lipinski definition) is 3. The normalized spacial score (nSPS) is 11.2. The van der Waals surface area contributed by atoms with Crippen LogP contribution in [0.1, 0.15) is 10.4 Å². The molecule has 1 aliphatic rings. The number of nitrogens with one attached hydrogen (secondary N) is 1. The Hall–Kier alpha value is -2.80. The molecule has 2 aromatic rings. The maximum atomic E-state index is 11.3. The second kappa shape index (κ2) is 5.77. The summed E-state index contributed by atoms with van der Waals surface area (Å²) in [6.45, 7) is 0. The van der Waals surface area contributed by atoms with Crippen molar-refractivity contribution in [3.63, 3.8) is 0 Å². The molecule has 0 amide bonds. The molecule has 3 rings (SSSR count). The van der Waals surface area contributed by atoms with Gasteiger partial charge in [0.15, 0.2) is 5.75 Å². The highest BCUT2D eigenvalue weighted by atomic mass is 35.5. The first-order valence-corrected chi connectivity index (χ1v) is 6.49. The fraction of sp³-hybridized carbons (Fsp3) is 0.133. The summed E-state index contributed by atoms with van der Waals surface area (Å²) in [7, 11) is 3.77. The summed E-state index contributed by atoms with van der Waals surface area (Å²) in [6.07, 6.45) is 0. The number of phenols is 1. The number of aromatic hydroxyl groups is 1. The van der Waals surface area contributed by atoms with Crippen LogP contribution in [-0.2, 0) is 0 Å². The van der Waals surface area contributed by atoms with Crippen LogP contribution in [0.15, 0.2) is 24.3 Å². The largest absolute Gasteiger partial charge is 1.00 e. The quantitative estimate of drug-likeness (QED) is 0.541. The number of halogens is 1. The lowest BCUT2D eigenvalue weighted by molar-refractivity contribution is -0.0000219. The van der Waals surface area contributed by atoms with Gasteiger partial charge in [0.2, 0.25) is 5.75 Å². The number of rotatable bonds is 2. The van der Waals surface area contributed by atoms with Gasteiger partial charge in [0.25, 0.3) is 5.75 Å². The van der Waals surface area contributed by atoms with Crippen LogP contribution < -0.4 is 27.4 Å². The predicted molar refractivity (Wildman–Crippen MR) is 82.3 cm³/mol. The number of nitrogens with zero attached hydrogens (tertiary/aromatic N) is 1.